The Labute approximate surface area is 136 Å². The van der Waals surface area contributed by atoms with Gasteiger partial charge in [-0.05, 0) is 48.2 Å². The Morgan fingerprint density at radius 1 is 1.05 bits per heavy atom. The third-order valence-electron chi connectivity index (χ3n) is 3.04. The summed E-state index contributed by atoms with van der Waals surface area (Å²) in [5, 5.41) is 0.701. The Morgan fingerprint density at radius 2 is 1.77 bits per heavy atom. The van der Waals surface area contributed by atoms with Crippen molar-refractivity contribution in [3.05, 3.63) is 64.7 Å². The average molecular weight is 339 g/mol. The van der Waals surface area contributed by atoms with Crippen LogP contribution in [0.25, 0.3) is 0 Å². The number of rotatable bonds is 7. The zero-order chi connectivity index (χ0) is 16.0. The van der Waals surface area contributed by atoms with Gasteiger partial charge in [-0.2, -0.15) is 13.1 Å². The van der Waals surface area contributed by atoms with Crippen LogP contribution >= 0.6 is 11.6 Å². The zero-order valence-corrected chi connectivity index (χ0v) is 13.9. The molecule has 2 N–H and O–H groups in total. The lowest BCUT2D eigenvalue weighted by Gasteiger charge is -2.10. The third kappa shape index (κ3) is 5.33. The van der Waals surface area contributed by atoms with E-state index in [4.69, 9.17) is 11.6 Å². The van der Waals surface area contributed by atoms with Crippen molar-refractivity contribution in [2.75, 3.05) is 11.3 Å². The van der Waals surface area contributed by atoms with Crippen molar-refractivity contribution >= 4 is 27.5 Å². The van der Waals surface area contributed by atoms with Gasteiger partial charge in [0.1, 0.15) is 0 Å². The number of anilines is 1. The van der Waals surface area contributed by atoms with Gasteiger partial charge in [0.05, 0.1) is 5.69 Å². The fourth-order valence-electron chi connectivity index (χ4n) is 2.01. The fourth-order valence-corrected chi connectivity index (χ4v) is 3.12. The smallest absolute Gasteiger partial charge is 0.271 e. The van der Waals surface area contributed by atoms with Crippen LogP contribution in [0.4, 0.5) is 5.69 Å². The number of hydrogen-bond acceptors (Lipinski definition) is 2. The first-order valence-corrected chi connectivity index (χ1v) is 8.95. The van der Waals surface area contributed by atoms with Crippen LogP contribution in [-0.2, 0) is 16.6 Å². The van der Waals surface area contributed by atoms with E-state index >= 15 is 0 Å². The average Bonchev–Trinajstić information content (AvgIpc) is 2.48. The summed E-state index contributed by atoms with van der Waals surface area (Å²) in [6, 6.07) is 15.0. The molecule has 0 aliphatic carbocycles. The second kappa shape index (κ2) is 7.63. The molecule has 2 aromatic rings. The molecule has 0 bridgehead atoms. The molecular formula is C16H19ClN2O2S. The minimum absolute atomic E-state index is 0.416. The standard InChI is InChI=1S/C16H19ClN2O2S/c1-2-10-18-22(20,21)19-16-5-3-4-14(12-16)11-13-6-8-15(17)9-7-13/h3-9,12,18-19H,2,10-11H2,1H3. The molecule has 0 saturated heterocycles. The molecular weight excluding hydrogens is 320 g/mol. The normalized spacial score (nSPS) is 11.4. The summed E-state index contributed by atoms with van der Waals surface area (Å²) in [6.07, 6.45) is 1.46. The minimum atomic E-state index is -3.51. The molecule has 0 radical (unpaired) electrons. The summed E-state index contributed by atoms with van der Waals surface area (Å²) in [5.41, 5.74) is 2.70. The first-order valence-electron chi connectivity index (χ1n) is 7.09. The highest BCUT2D eigenvalue weighted by atomic mass is 35.5. The van der Waals surface area contributed by atoms with Crippen LogP contribution in [0.1, 0.15) is 24.5 Å². The predicted octanol–water partition coefficient (Wildman–Crippen LogP) is 3.59. The van der Waals surface area contributed by atoms with Crippen LogP contribution in [0.3, 0.4) is 0 Å². The van der Waals surface area contributed by atoms with Crippen LogP contribution in [0.5, 0.6) is 0 Å². The molecule has 0 amide bonds. The van der Waals surface area contributed by atoms with E-state index in [9.17, 15) is 8.42 Å². The lowest BCUT2D eigenvalue weighted by molar-refractivity contribution is 0.586. The van der Waals surface area contributed by atoms with E-state index in [1.807, 2.05) is 49.4 Å². The van der Waals surface area contributed by atoms with Gasteiger partial charge in [0.2, 0.25) is 0 Å². The van der Waals surface area contributed by atoms with Crippen molar-refractivity contribution < 1.29 is 8.42 Å². The van der Waals surface area contributed by atoms with Crippen LogP contribution < -0.4 is 9.44 Å². The largest absolute Gasteiger partial charge is 0.299 e. The summed E-state index contributed by atoms with van der Waals surface area (Å²) < 4.78 is 28.7. The molecule has 2 rings (SSSR count). The van der Waals surface area contributed by atoms with Gasteiger partial charge in [0.15, 0.2) is 0 Å². The van der Waals surface area contributed by atoms with Gasteiger partial charge in [0, 0.05) is 11.6 Å². The SMILES string of the molecule is CCCNS(=O)(=O)Nc1cccc(Cc2ccc(Cl)cc2)c1. The second-order valence-electron chi connectivity index (χ2n) is 5.00. The maximum atomic E-state index is 11.8. The van der Waals surface area contributed by atoms with E-state index in [0.29, 0.717) is 17.3 Å². The number of hydrogen-bond donors (Lipinski definition) is 2. The maximum absolute atomic E-state index is 11.8. The Bertz CT molecular complexity index is 715. The molecule has 2 aromatic carbocycles. The van der Waals surface area contributed by atoms with Crippen LogP contribution in [0.2, 0.25) is 5.02 Å². The molecule has 0 heterocycles. The molecule has 0 fully saturated rings. The van der Waals surface area contributed by atoms with E-state index in [1.54, 1.807) is 6.07 Å². The summed E-state index contributed by atoms with van der Waals surface area (Å²) in [6.45, 7) is 2.33. The van der Waals surface area contributed by atoms with Gasteiger partial charge in [0.25, 0.3) is 10.2 Å². The minimum Gasteiger partial charge on any atom is -0.271 e. The lowest BCUT2D eigenvalue weighted by Crippen LogP contribution is -2.30. The Morgan fingerprint density at radius 3 is 2.45 bits per heavy atom. The number of nitrogens with one attached hydrogen (secondary N) is 2. The molecule has 0 saturated carbocycles. The highest BCUT2D eigenvalue weighted by molar-refractivity contribution is 7.90. The van der Waals surface area contributed by atoms with E-state index in [0.717, 1.165) is 24.0 Å². The molecule has 0 spiro atoms. The molecule has 6 heteroatoms. The van der Waals surface area contributed by atoms with Gasteiger partial charge in [-0.1, -0.05) is 42.8 Å². The van der Waals surface area contributed by atoms with Gasteiger partial charge in [-0.25, -0.2) is 0 Å². The summed E-state index contributed by atoms with van der Waals surface area (Å²) >= 11 is 5.87. The van der Waals surface area contributed by atoms with Gasteiger partial charge in [-0.15, -0.1) is 0 Å². The third-order valence-corrected chi connectivity index (χ3v) is 4.38. The maximum Gasteiger partial charge on any atom is 0.299 e. The molecule has 22 heavy (non-hydrogen) atoms. The summed E-state index contributed by atoms with van der Waals surface area (Å²) in [4.78, 5) is 0. The quantitative estimate of drug-likeness (QED) is 0.810. The molecule has 0 atom stereocenters. The molecule has 4 nitrogen and oxygen atoms in total. The van der Waals surface area contributed by atoms with Crippen molar-refractivity contribution in [3.63, 3.8) is 0 Å². The van der Waals surface area contributed by atoms with Crippen LogP contribution in [0, 0.1) is 0 Å². The van der Waals surface area contributed by atoms with Crippen LogP contribution in [-0.4, -0.2) is 15.0 Å². The van der Waals surface area contributed by atoms with E-state index in [-0.39, 0.29) is 0 Å². The molecule has 0 aliphatic heterocycles. The van der Waals surface area contributed by atoms with Gasteiger partial charge >= 0.3 is 0 Å². The first kappa shape index (κ1) is 16.8. The monoisotopic (exact) mass is 338 g/mol. The highest BCUT2D eigenvalue weighted by Gasteiger charge is 2.08. The van der Waals surface area contributed by atoms with Gasteiger partial charge in [-0.3, -0.25) is 4.72 Å². The number of halogens is 1. The van der Waals surface area contributed by atoms with Crippen molar-refractivity contribution in [2.45, 2.75) is 19.8 Å². The molecule has 0 aliphatic rings. The lowest BCUT2D eigenvalue weighted by atomic mass is 10.0. The predicted molar refractivity (Wildman–Crippen MR) is 91.5 cm³/mol. The van der Waals surface area contributed by atoms with Crippen molar-refractivity contribution in [3.8, 4) is 0 Å². The second-order valence-corrected chi connectivity index (χ2v) is 6.94. The molecule has 0 unspecified atom stereocenters. The van der Waals surface area contributed by atoms with Gasteiger partial charge < -0.3 is 0 Å². The molecule has 0 aromatic heterocycles. The summed E-state index contributed by atoms with van der Waals surface area (Å²) in [5.74, 6) is 0. The van der Waals surface area contributed by atoms with E-state index < -0.39 is 10.2 Å². The topological polar surface area (TPSA) is 58.2 Å². The Hall–Kier alpha value is -1.56. The summed E-state index contributed by atoms with van der Waals surface area (Å²) in [7, 11) is -3.51. The molecule has 118 valence electrons. The number of benzene rings is 2. The fraction of sp³-hybridized carbons (Fsp3) is 0.250. The zero-order valence-electron chi connectivity index (χ0n) is 12.3. The van der Waals surface area contributed by atoms with E-state index in [1.165, 1.54) is 0 Å². The van der Waals surface area contributed by atoms with Crippen molar-refractivity contribution in [1.82, 2.24) is 4.72 Å². The Balaban J connectivity index is 2.08. The Kier molecular flexibility index (Phi) is 5.83. The first-order chi connectivity index (χ1) is 10.5. The van der Waals surface area contributed by atoms with Crippen molar-refractivity contribution in [2.24, 2.45) is 0 Å². The van der Waals surface area contributed by atoms with E-state index in [2.05, 4.69) is 9.44 Å². The highest BCUT2D eigenvalue weighted by Crippen LogP contribution is 2.17. The van der Waals surface area contributed by atoms with Crippen molar-refractivity contribution in [1.29, 1.82) is 0 Å². The van der Waals surface area contributed by atoms with Crippen LogP contribution in [0.15, 0.2) is 48.5 Å².